The van der Waals surface area contributed by atoms with Gasteiger partial charge < -0.3 is 9.47 Å². The van der Waals surface area contributed by atoms with Crippen LogP contribution in [0.5, 0.6) is 11.5 Å². The number of fused-ring (bicyclic) bond motifs is 2. The SMILES string of the molecule is CCn1c(SCC(=O)c2ccc3c(c2)OCO3)nc2sc(C)c(C)c2c1=O. The number of carbonyl (C=O) groups is 1. The van der Waals surface area contributed by atoms with Crippen molar-refractivity contribution in [1.82, 2.24) is 9.55 Å². The van der Waals surface area contributed by atoms with Crippen molar-refractivity contribution in [2.24, 2.45) is 0 Å². The van der Waals surface area contributed by atoms with Gasteiger partial charge in [0, 0.05) is 17.0 Å². The second-order valence-electron chi connectivity index (χ2n) is 6.19. The quantitative estimate of drug-likeness (QED) is 0.367. The Hall–Kier alpha value is -2.32. The predicted molar refractivity (Wildman–Crippen MR) is 107 cm³/mol. The summed E-state index contributed by atoms with van der Waals surface area (Å²) in [5.74, 6) is 1.38. The van der Waals surface area contributed by atoms with Gasteiger partial charge in [0.2, 0.25) is 6.79 Å². The number of ketones is 1. The molecule has 6 nitrogen and oxygen atoms in total. The molecule has 2 aromatic heterocycles. The van der Waals surface area contributed by atoms with Crippen LogP contribution in [0.3, 0.4) is 0 Å². The lowest BCUT2D eigenvalue weighted by Crippen LogP contribution is -2.22. The maximum Gasteiger partial charge on any atom is 0.263 e. The number of benzene rings is 1. The fourth-order valence-electron chi connectivity index (χ4n) is 2.98. The maximum atomic E-state index is 12.9. The van der Waals surface area contributed by atoms with Gasteiger partial charge in [0.25, 0.3) is 5.56 Å². The van der Waals surface area contributed by atoms with E-state index in [1.807, 2.05) is 20.8 Å². The molecular weight excluding hydrogens is 384 g/mol. The summed E-state index contributed by atoms with van der Waals surface area (Å²) in [6, 6.07) is 5.16. The number of nitrogens with zero attached hydrogens (tertiary/aromatic N) is 2. The van der Waals surface area contributed by atoms with Crippen LogP contribution in [0.2, 0.25) is 0 Å². The zero-order valence-electron chi connectivity index (χ0n) is 15.2. The third-order valence-corrected chi connectivity index (χ3v) is 6.67. The molecular formula is C19H18N2O4S2. The molecule has 0 aliphatic carbocycles. The number of carbonyl (C=O) groups excluding carboxylic acids is 1. The van der Waals surface area contributed by atoms with E-state index in [0.717, 1.165) is 15.3 Å². The van der Waals surface area contributed by atoms with Crippen LogP contribution in [0.4, 0.5) is 0 Å². The average molecular weight is 402 g/mol. The summed E-state index contributed by atoms with van der Waals surface area (Å²) < 4.78 is 12.2. The highest BCUT2D eigenvalue weighted by Gasteiger charge is 2.19. The molecule has 1 aliphatic rings. The molecule has 0 saturated carbocycles. The van der Waals surface area contributed by atoms with Crippen molar-refractivity contribution in [3.8, 4) is 11.5 Å². The van der Waals surface area contributed by atoms with Crippen molar-refractivity contribution >= 4 is 39.1 Å². The Morgan fingerprint density at radius 2 is 2.07 bits per heavy atom. The zero-order chi connectivity index (χ0) is 19.1. The molecule has 0 fully saturated rings. The standard InChI is InChI=1S/C19H18N2O4S2/c1-4-21-18(23)16-10(2)11(3)27-17(16)20-19(21)26-8-13(22)12-5-6-14-15(7-12)25-9-24-14/h5-7H,4,8-9H2,1-3H3. The predicted octanol–water partition coefficient (Wildman–Crippen LogP) is 3.80. The normalized spacial score (nSPS) is 12.7. The van der Waals surface area contributed by atoms with E-state index in [-0.39, 0.29) is 23.9 Å². The first kappa shape index (κ1) is 18.1. The van der Waals surface area contributed by atoms with Crippen LogP contribution in [0.25, 0.3) is 10.2 Å². The summed E-state index contributed by atoms with van der Waals surface area (Å²) in [6.45, 7) is 6.54. The number of thiophene rings is 1. The summed E-state index contributed by atoms with van der Waals surface area (Å²) in [4.78, 5) is 31.9. The lowest BCUT2D eigenvalue weighted by Gasteiger charge is -2.10. The lowest BCUT2D eigenvalue weighted by molar-refractivity contribution is 0.102. The first-order valence-corrected chi connectivity index (χ1v) is 10.4. The minimum absolute atomic E-state index is 0.0395. The van der Waals surface area contributed by atoms with Gasteiger partial charge in [0.1, 0.15) is 4.83 Å². The molecule has 3 heterocycles. The van der Waals surface area contributed by atoms with E-state index in [2.05, 4.69) is 4.98 Å². The number of hydrogen-bond acceptors (Lipinski definition) is 7. The van der Waals surface area contributed by atoms with Gasteiger partial charge in [-0.1, -0.05) is 11.8 Å². The van der Waals surface area contributed by atoms with Gasteiger partial charge in [-0.2, -0.15) is 0 Å². The lowest BCUT2D eigenvalue weighted by atomic mass is 10.1. The highest BCUT2D eigenvalue weighted by Crippen LogP contribution is 2.33. The fourth-order valence-corrected chi connectivity index (χ4v) is 5.01. The average Bonchev–Trinajstić information content (AvgIpc) is 3.23. The van der Waals surface area contributed by atoms with Crippen molar-refractivity contribution in [3.05, 3.63) is 44.6 Å². The molecule has 0 N–H and O–H groups in total. The number of Topliss-reactive ketones (excluding diaryl/α,β-unsaturated/α-hetero) is 1. The summed E-state index contributed by atoms with van der Waals surface area (Å²) >= 11 is 2.81. The Morgan fingerprint density at radius 3 is 2.85 bits per heavy atom. The Kier molecular flexibility index (Phi) is 4.69. The maximum absolute atomic E-state index is 12.9. The van der Waals surface area contributed by atoms with Gasteiger partial charge >= 0.3 is 0 Å². The van der Waals surface area contributed by atoms with Gasteiger partial charge in [0.05, 0.1) is 11.1 Å². The molecule has 1 aromatic carbocycles. The molecule has 8 heteroatoms. The Labute approximate surface area is 164 Å². The van der Waals surface area contributed by atoms with Crippen LogP contribution in [0, 0.1) is 13.8 Å². The number of aryl methyl sites for hydroxylation is 2. The van der Waals surface area contributed by atoms with E-state index in [0.29, 0.717) is 34.1 Å². The molecule has 0 bridgehead atoms. The molecule has 0 saturated heterocycles. The highest BCUT2D eigenvalue weighted by atomic mass is 32.2. The Balaban J connectivity index is 1.61. The summed E-state index contributed by atoms with van der Waals surface area (Å²) in [5.41, 5.74) is 1.51. The van der Waals surface area contributed by atoms with Crippen LogP contribution in [0.15, 0.2) is 28.2 Å². The van der Waals surface area contributed by atoms with Crippen LogP contribution >= 0.6 is 23.1 Å². The summed E-state index contributed by atoms with van der Waals surface area (Å²) in [5, 5.41) is 1.26. The van der Waals surface area contributed by atoms with Crippen molar-refractivity contribution < 1.29 is 14.3 Å². The van der Waals surface area contributed by atoms with E-state index >= 15 is 0 Å². The molecule has 0 radical (unpaired) electrons. The Bertz CT molecular complexity index is 1120. The molecule has 3 aromatic rings. The van der Waals surface area contributed by atoms with E-state index in [9.17, 15) is 9.59 Å². The number of rotatable bonds is 5. The topological polar surface area (TPSA) is 70.4 Å². The summed E-state index contributed by atoms with van der Waals surface area (Å²) in [6.07, 6.45) is 0. The van der Waals surface area contributed by atoms with Crippen molar-refractivity contribution in [3.63, 3.8) is 0 Å². The van der Waals surface area contributed by atoms with Gasteiger partial charge in [-0.05, 0) is 44.5 Å². The van der Waals surface area contributed by atoms with E-state index < -0.39 is 0 Å². The molecule has 0 atom stereocenters. The van der Waals surface area contributed by atoms with E-state index in [1.54, 1.807) is 22.8 Å². The minimum atomic E-state index is -0.0474. The second-order valence-corrected chi connectivity index (χ2v) is 8.33. The van der Waals surface area contributed by atoms with Gasteiger partial charge in [-0.15, -0.1) is 11.3 Å². The van der Waals surface area contributed by atoms with E-state index in [4.69, 9.17) is 9.47 Å². The van der Waals surface area contributed by atoms with Crippen LogP contribution in [-0.4, -0.2) is 27.9 Å². The second kappa shape index (κ2) is 7.01. The third-order valence-electron chi connectivity index (χ3n) is 4.60. The number of aromatic nitrogens is 2. The molecule has 1 aliphatic heterocycles. The van der Waals surface area contributed by atoms with Crippen LogP contribution in [0.1, 0.15) is 27.7 Å². The molecule has 27 heavy (non-hydrogen) atoms. The van der Waals surface area contributed by atoms with Gasteiger partial charge in [-0.3, -0.25) is 14.2 Å². The largest absolute Gasteiger partial charge is 0.454 e. The monoisotopic (exact) mass is 402 g/mol. The smallest absolute Gasteiger partial charge is 0.263 e. The minimum Gasteiger partial charge on any atom is -0.454 e. The van der Waals surface area contributed by atoms with E-state index in [1.165, 1.54) is 23.1 Å². The zero-order valence-corrected chi connectivity index (χ0v) is 16.8. The van der Waals surface area contributed by atoms with Crippen LogP contribution < -0.4 is 15.0 Å². The van der Waals surface area contributed by atoms with Crippen LogP contribution in [-0.2, 0) is 6.54 Å². The molecule has 140 valence electrons. The number of hydrogen-bond donors (Lipinski definition) is 0. The molecule has 0 spiro atoms. The number of ether oxygens (including phenoxy) is 2. The Morgan fingerprint density at radius 1 is 1.30 bits per heavy atom. The number of thioether (sulfide) groups is 1. The first-order chi connectivity index (χ1) is 13.0. The molecule has 0 amide bonds. The molecule has 0 unspecified atom stereocenters. The molecule has 4 rings (SSSR count). The summed E-state index contributed by atoms with van der Waals surface area (Å²) in [7, 11) is 0. The van der Waals surface area contributed by atoms with Crippen molar-refractivity contribution in [2.45, 2.75) is 32.5 Å². The first-order valence-electron chi connectivity index (χ1n) is 8.55. The van der Waals surface area contributed by atoms with Gasteiger partial charge in [0.15, 0.2) is 22.4 Å². The third kappa shape index (κ3) is 3.12. The van der Waals surface area contributed by atoms with Crippen molar-refractivity contribution in [2.75, 3.05) is 12.5 Å². The highest BCUT2D eigenvalue weighted by molar-refractivity contribution is 7.99. The van der Waals surface area contributed by atoms with Crippen molar-refractivity contribution in [1.29, 1.82) is 0 Å². The fraction of sp³-hybridized carbons (Fsp3) is 0.316. The van der Waals surface area contributed by atoms with Gasteiger partial charge in [-0.25, -0.2) is 4.98 Å².